The quantitative estimate of drug-likeness (QED) is 0.125. The zero-order valence-electron chi connectivity index (χ0n) is 17.7. The van der Waals surface area contributed by atoms with Gasteiger partial charge in [0.2, 0.25) is 0 Å². The minimum absolute atomic E-state index is 0.131. The first-order valence-electron chi connectivity index (χ1n) is 11.0. The van der Waals surface area contributed by atoms with Gasteiger partial charge in [0.1, 0.15) is 5.75 Å². The molecule has 0 fully saturated rings. The molecule has 0 aliphatic heterocycles. The topological polar surface area (TPSA) is 26.3 Å². The predicted octanol–water partition coefficient (Wildman–Crippen LogP) is 7.96. The lowest BCUT2D eigenvalue weighted by molar-refractivity contribution is -0.134. The molecule has 0 atom stereocenters. The van der Waals surface area contributed by atoms with Crippen LogP contribution in [0.5, 0.6) is 5.75 Å². The van der Waals surface area contributed by atoms with Crippen molar-refractivity contribution in [1.82, 2.24) is 0 Å². The van der Waals surface area contributed by atoms with E-state index in [1.165, 1.54) is 38.5 Å². The van der Waals surface area contributed by atoms with E-state index in [1.807, 2.05) is 30.3 Å². The smallest absolute Gasteiger partial charge is 0.311 e. The molecule has 0 aromatic heterocycles. The first-order valence-corrected chi connectivity index (χ1v) is 11.0. The number of benzene rings is 1. The third kappa shape index (κ3) is 15.0. The SMILES string of the molecule is CCCCC/C=C\C/C=C\C/C=C\CCCCCCC(=O)Oc1ccccc1. The molecule has 0 radical (unpaired) electrons. The summed E-state index contributed by atoms with van der Waals surface area (Å²) >= 11 is 0. The molecule has 0 unspecified atom stereocenters. The van der Waals surface area contributed by atoms with Crippen LogP contribution in [0.2, 0.25) is 0 Å². The molecule has 0 bridgehead atoms. The van der Waals surface area contributed by atoms with Crippen LogP contribution in [0, 0.1) is 0 Å². The fourth-order valence-electron chi connectivity index (χ4n) is 2.85. The highest BCUT2D eigenvalue weighted by Gasteiger charge is 2.03. The van der Waals surface area contributed by atoms with Gasteiger partial charge in [-0.05, 0) is 57.1 Å². The molecular formula is C26H38O2. The molecule has 28 heavy (non-hydrogen) atoms. The maximum Gasteiger partial charge on any atom is 0.311 e. The Morgan fingerprint density at radius 2 is 1.32 bits per heavy atom. The van der Waals surface area contributed by atoms with E-state index in [1.54, 1.807) is 0 Å². The van der Waals surface area contributed by atoms with Crippen molar-refractivity contribution in [2.75, 3.05) is 0 Å². The number of rotatable bonds is 16. The molecule has 0 aliphatic rings. The Morgan fingerprint density at radius 3 is 1.96 bits per heavy atom. The van der Waals surface area contributed by atoms with Gasteiger partial charge in [0.15, 0.2) is 0 Å². The van der Waals surface area contributed by atoms with Crippen molar-refractivity contribution >= 4 is 5.97 Å². The Hall–Kier alpha value is -2.09. The van der Waals surface area contributed by atoms with Crippen LogP contribution in [0.1, 0.15) is 84.0 Å². The Kier molecular flexibility index (Phi) is 15.6. The third-order valence-electron chi connectivity index (χ3n) is 4.50. The summed E-state index contributed by atoms with van der Waals surface area (Å²) in [6, 6.07) is 9.28. The molecule has 2 nitrogen and oxygen atoms in total. The van der Waals surface area contributed by atoms with E-state index < -0.39 is 0 Å². The summed E-state index contributed by atoms with van der Waals surface area (Å²) < 4.78 is 5.28. The average Bonchev–Trinajstić information content (AvgIpc) is 2.71. The highest BCUT2D eigenvalue weighted by molar-refractivity contribution is 5.72. The van der Waals surface area contributed by atoms with Gasteiger partial charge in [0, 0.05) is 6.42 Å². The molecule has 0 amide bonds. The average molecular weight is 383 g/mol. The van der Waals surface area contributed by atoms with Crippen molar-refractivity contribution < 1.29 is 9.53 Å². The number of hydrogen-bond donors (Lipinski definition) is 0. The second-order valence-electron chi connectivity index (χ2n) is 7.12. The van der Waals surface area contributed by atoms with Crippen molar-refractivity contribution in [3.05, 3.63) is 66.8 Å². The summed E-state index contributed by atoms with van der Waals surface area (Å²) in [6.07, 6.45) is 26.8. The first-order chi connectivity index (χ1) is 13.8. The minimum atomic E-state index is -0.131. The Bertz CT molecular complexity index is 569. The molecule has 1 rings (SSSR count). The largest absolute Gasteiger partial charge is 0.427 e. The van der Waals surface area contributed by atoms with E-state index in [4.69, 9.17) is 4.74 Å². The summed E-state index contributed by atoms with van der Waals surface area (Å²) in [7, 11) is 0. The lowest BCUT2D eigenvalue weighted by Crippen LogP contribution is -2.07. The van der Waals surface area contributed by atoms with Gasteiger partial charge in [-0.3, -0.25) is 4.79 Å². The van der Waals surface area contributed by atoms with E-state index in [0.29, 0.717) is 12.2 Å². The van der Waals surface area contributed by atoms with E-state index in [2.05, 4.69) is 43.4 Å². The standard InChI is InChI=1S/C26H38O2/c1-2-3-4-5-6-7-8-9-10-11-12-13-14-15-16-17-21-24-26(27)28-25-22-19-18-20-23-25/h6-7,9-10,12-13,18-20,22-23H,2-5,8,11,14-17,21,24H2,1H3/b7-6-,10-9-,13-12-. The fourth-order valence-corrected chi connectivity index (χ4v) is 2.85. The molecule has 1 aromatic carbocycles. The van der Waals surface area contributed by atoms with Crippen LogP contribution in [0.4, 0.5) is 0 Å². The summed E-state index contributed by atoms with van der Waals surface area (Å²) in [6.45, 7) is 2.24. The van der Waals surface area contributed by atoms with Gasteiger partial charge in [0.05, 0.1) is 0 Å². The number of allylic oxidation sites excluding steroid dienone is 6. The molecule has 1 aromatic rings. The lowest BCUT2D eigenvalue weighted by Gasteiger charge is -2.03. The van der Waals surface area contributed by atoms with E-state index in [9.17, 15) is 4.79 Å². The molecule has 0 aliphatic carbocycles. The fraction of sp³-hybridized carbons (Fsp3) is 0.500. The van der Waals surface area contributed by atoms with Crippen LogP contribution in [-0.2, 0) is 4.79 Å². The number of carbonyl (C=O) groups is 1. The van der Waals surface area contributed by atoms with Gasteiger partial charge in [-0.25, -0.2) is 0 Å². The van der Waals surface area contributed by atoms with Crippen molar-refractivity contribution in [3.8, 4) is 5.75 Å². The van der Waals surface area contributed by atoms with Crippen LogP contribution in [-0.4, -0.2) is 5.97 Å². The second kappa shape index (κ2) is 18.3. The molecular weight excluding hydrogens is 344 g/mol. The van der Waals surface area contributed by atoms with E-state index >= 15 is 0 Å². The van der Waals surface area contributed by atoms with Crippen molar-refractivity contribution in [3.63, 3.8) is 0 Å². The van der Waals surface area contributed by atoms with Gasteiger partial charge < -0.3 is 4.74 Å². The summed E-state index contributed by atoms with van der Waals surface area (Å²) in [5.74, 6) is 0.503. The molecule has 0 heterocycles. The van der Waals surface area contributed by atoms with Gasteiger partial charge in [0.25, 0.3) is 0 Å². The van der Waals surface area contributed by atoms with Crippen molar-refractivity contribution in [1.29, 1.82) is 0 Å². The van der Waals surface area contributed by atoms with Crippen LogP contribution >= 0.6 is 0 Å². The molecule has 0 spiro atoms. The van der Waals surface area contributed by atoms with E-state index in [0.717, 1.165) is 32.1 Å². The van der Waals surface area contributed by atoms with Crippen molar-refractivity contribution in [2.45, 2.75) is 84.0 Å². The summed E-state index contributed by atoms with van der Waals surface area (Å²) in [4.78, 5) is 11.7. The highest BCUT2D eigenvalue weighted by atomic mass is 16.5. The highest BCUT2D eigenvalue weighted by Crippen LogP contribution is 2.11. The van der Waals surface area contributed by atoms with Crippen LogP contribution in [0.15, 0.2) is 66.8 Å². The molecule has 0 saturated carbocycles. The summed E-state index contributed by atoms with van der Waals surface area (Å²) in [5.41, 5.74) is 0. The van der Waals surface area contributed by atoms with Gasteiger partial charge >= 0.3 is 5.97 Å². The maximum atomic E-state index is 11.7. The maximum absolute atomic E-state index is 11.7. The molecule has 2 heteroatoms. The third-order valence-corrected chi connectivity index (χ3v) is 4.50. The number of carbonyl (C=O) groups excluding carboxylic acids is 1. The van der Waals surface area contributed by atoms with Gasteiger partial charge in [-0.2, -0.15) is 0 Å². The first kappa shape index (κ1) is 23.9. The monoisotopic (exact) mass is 382 g/mol. The number of unbranched alkanes of at least 4 members (excludes halogenated alkanes) is 7. The number of para-hydroxylation sites is 1. The van der Waals surface area contributed by atoms with E-state index in [-0.39, 0.29) is 5.97 Å². The number of ether oxygens (including phenoxy) is 1. The number of hydrogen-bond acceptors (Lipinski definition) is 2. The molecule has 0 N–H and O–H groups in total. The minimum Gasteiger partial charge on any atom is -0.427 e. The van der Waals surface area contributed by atoms with Crippen LogP contribution in [0.25, 0.3) is 0 Å². The van der Waals surface area contributed by atoms with Crippen LogP contribution in [0.3, 0.4) is 0 Å². The Balaban J connectivity index is 1.89. The predicted molar refractivity (Wildman–Crippen MR) is 121 cm³/mol. The zero-order chi connectivity index (χ0) is 20.1. The van der Waals surface area contributed by atoms with Crippen molar-refractivity contribution in [2.24, 2.45) is 0 Å². The molecule has 154 valence electrons. The Morgan fingerprint density at radius 1 is 0.750 bits per heavy atom. The normalized spacial score (nSPS) is 11.8. The molecule has 0 saturated heterocycles. The number of esters is 1. The lowest BCUT2D eigenvalue weighted by atomic mass is 10.1. The Labute approximate surface area is 172 Å². The van der Waals surface area contributed by atoms with Gasteiger partial charge in [-0.1, -0.05) is 87.3 Å². The summed E-state index contributed by atoms with van der Waals surface area (Å²) in [5, 5.41) is 0. The zero-order valence-corrected chi connectivity index (χ0v) is 17.7. The van der Waals surface area contributed by atoms with Gasteiger partial charge in [-0.15, -0.1) is 0 Å². The second-order valence-corrected chi connectivity index (χ2v) is 7.12. The van der Waals surface area contributed by atoms with Crippen LogP contribution < -0.4 is 4.74 Å².